The van der Waals surface area contributed by atoms with Gasteiger partial charge in [0.15, 0.2) is 0 Å². The maximum Gasteiger partial charge on any atom is 0.311 e. The standard InChI is InChI=1S/C12H16N2O2/c1-9-7-13-6-3-10(9)14-8-12(11(15)16)4-2-5-12/h3,6-7H,2,4-5,8H2,1H3,(H,13,14)(H,15,16). The summed E-state index contributed by atoms with van der Waals surface area (Å²) in [4.78, 5) is 15.2. The summed E-state index contributed by atoms with van der Waals surface area (Å²) in [6, 6.07) is 1.88. The molecule has 1 heterocycles. The Bertz CT molecular complexity index is 400. The summed E-state index contributed by atoms with van der Waals surface area (Å²) in [5.74, 6) is -0.682. The van der Waals surface area contributed by atoms with Crippen LogP contribution in [-0.2, 0) is 4.79 Å². The fraction of sp³-hybridized carbons (Fsp3) is 0.500. The van der Waals surface area contributed by atoms with Gasteiger partial charge in [-0.25, -0.2) is 0 Å². The van der Waals surface area contributed by atoms with Crippen molar-refractivity contribution in [3.63, 3.8) is 0 Å². The number of aryl methyl sites for hydroxylation is 1. The maximum atomic E-state index is 11.2. The second-order valence-corrected chi connectivity index (χ2v) is 4.48. The summed E-state index contributed by atoms with van der Waals surface area (Å²) in [7, 11) is 0. The summed E-state index contributed by atoms with van der Waals surface area (Å²) < 4.78 is 0. The van der Waals surface area contributed by atoms with Gasteiger partial charge in [-0.15, -0.1) is 0 Å². The number of aromatic nitrogens is 1. The molecule has 0 saturated heterocycles. The third kappa shape index (κ3) is 1.87. The van der Waals surface area contributed by atoms with Crippen LogP contribution < -0.4 is 5.32 Å². The van der Waals surface area contributed by atoms with Gasteiger partial charge >= 0.3 is 5.97 Å². The van der Waals surface area contributed by atoms with Crippen molar-refractivity contribution in [1.29, 1.82) is 0 Å². The molecule has 0 spiro atoms. The number of carboxylic acids is 1. The van der Waals surface area contributed by atoms with Gasteiger partial charge in [-0.05, 0) is 31.4 Å². The van der Waals surface area contributed by atoms with Crippen molar-refractivity contribution in [2.45, 2.75) is 26.2 Å². The number of carboxylic acid groups (broad SMARTS) is 1. The summed E-state index contributed by atoms with van der Waals surface area (Å²) >= 11 is 0. The Labute approximate surface area is 94.7 Å². The highest BCUT2D eigenvalue weighted by atomic mass is 16.4. The van der Waals surface area contributed by atoms with Crippen LogP contribution in [0.1, 0.15) is 24.8 Å². The first-order chi connectivity index (χ1) is 7.64. The normalized spacial score (nSPS) is 17.6. The zero-order valence-electron chi connectivity index (χ0n) is 9.36. The predicted octanol–water partition coefficient (Wildman–Crippen LogP) is 2.06. The van der Waals surface area contributed by atoms with Crippen LogP contribution in [-0.4, -0.2) is 22.6 Å². The smallest absolute Gasteiger partial charge is 0.311 e. The minimum absolute atomic E-state index is 0.507. The molecule has 2 rings (SSSR count). The van der Waals surface area contributed by atoms with E-state index in [9.17, 15) is 9.90 Å². The fourth-order valence-corrected chi connectivity index (χ4v) is 2.01. The lowest BCUT2D eigenvalue weighted by Crippen LogP contribution is -2.43. The highest BCUT2D eigenvalue weighted by Crippen LogP contribution is 2.41. The minimum Gasteiger partial charge on any atom is -0.481 e. The van der Waals surface area contributed by atoms with Gasteiger partial charge in [-0.3, -0.25) is 9.78 Å². The van der Waals surface area contributed by atoms with Crippen LogP contribution in [0.3, 0.4) is 0 Å². The number of pyridine rings is 1. The minimum atomic E-state index is -0.682. The fourth-order valence-electron chi connectivity index (χ4n) is 2.01. The molecule has 0 unspecified atom stereocenters. The average Bonchev–Trinajstić information content (AvgIpc) is 2.18. The monoisotopic (exact) mass is 220 g/mol. The quantitative estimate of drug-likeness (QED) is 0.815. The Balaban J connectivity index is 2.02. The van der Waals surface area contributed by atoms with Gasteiger partial charge in [0.2, 0.25) is 0 Å². The SMILES string of the molecule is Cc1cnccc1NCC1(C(=O)O)CCC1. The van der Waals surface area contributed by atoms with Crippen molar-refractivity contribution in [3.8, 4) is 0 Å². The van der Waals surface area contributed by atoms with Crippen LogP contribution in [0.15, 0.2) is 18.5 Å². The lowest BCUT2D eigenvalue weighted by atomic mass is 9.69. The molecular formula is C12H16N2O2. The van der Waals surface area contributed by atoms with Crippen molar-refractivity contribution in [2.75, 3.05) is 11.9 Å². The first-order valence-corrected chi connectivity index (χ1v) is 5.52. The van der Waals surface area contributed by atoms with Crippen LogP contribution in [0.2, 0.25) is 0 Å². The van der Waals surface area contributed by atoms with E-state index in [1.807, 2.05) is 13.0 Å². The summed E-state index contributed by atoms with van der Waals surface area (Å²) in [5.41, 5.74) is 1.47. The molecule has 1 saturated carbocycles. The Morgan fingerprint density at radius 3 is 2.88 bits per heavy atom. The molecular weight excluding hydrogens is 204 g/mol. The van der Waals surface area contributed by atoms with Gasteiger partial charge in [0.25, 0.3) is 0 Å². The third-order valence-corrected chi connectivity index (χ3v) is 3.40. The van der Waals surface area contributed by atoms with Crippen molar-refractivity contribution in [3.05, 3.63) is 24.0 Å². The van der Waals surface area contributed by atoms with Crippen LogP contribution in [0.25, 0.3) is 0 Å². The molecule has 0 aromatic carbocycles. The van der Waals surface area contributed by atoms with E-state index in [0.717, 1.165) is 30.5 Å². The molecule has 1 fully saturated rings. The van der Waals surface area contributed by atoms with E-state index in [0.29, 0.717) is 6.54 Å². The molecule has 0 aliphatic heterocycles. The van der Waals surface area contributed by atoms with Gasteiger partial charge < -0.3 is 10.4 Å². The number of nitrogens with one attached hydrogen (secondary N) is 1. The topological polar surface area (TPSA) is 62.2 Å². The van der Waals surface area contributed by atoms with Crippen LogP contribution in [0, 0.1) is 12.3 Å². The van der Waals surface area contributed by atoms with Crippen molar-refractivity contribution >= 4 is 11.7 Å². The third-order valence-electron chi connectivity index (χ3n) is 3.40. The number of rotatable bonds is 4. The Kier molecular flexibility index (Phi) is 2.81. The lowest BCUT2D eigenvalue weighted by molar-refractivity contribution is -0.153. The van der Waals surface area contributed by atoms with Crippen molar-refractivity contribution in [2.24, 2.45) is 5.41 Å². The van der Waals surface area contributed by atoms with Gasteiger partial charge in [0.05, 0.1) is 5.41 Å². The molecule has 0 bridgehead atoms. The van der Waals surface area contributed by atoms with E-state index >= 15 is 0 Å². The predicted molar refractivity (Wildman–Crippen MR) is 61.4 cm³/mol. The molecule has 86 valence electrons. The number of aliphatic carboxylic acids is 1. The molecule has 0 atom stereocenters. The molecule has 0 amide bonds. The average molecular weight is 220 g/mol. The Hall–Kier alpha value is -1.58. The zero-order valence-corrected chi connectivity index (χ0v) is 9.36. The summed E-state index contributed by atoms with van der Waals surface area (Å²) in [6.07, 6.45) is 6.06. The van der Waals surface area contributed by atoms with Crippen LogP contribution >= 0.6 is 0 Å². The van der Waals surface area contributed by atoms with E-state index < -0.39 is 11.4 Å². The Morgan fingerprint density at radius 2 is 2.38 bits per heavy atom. The van der Waals surface area contributed by atoms with E-state index in [4.69, 9.17) is 0 Å². The van der Waals surface area contributed by atoms with Crippen LogP contribution in [0.4, 0.5) is 5.69 Å². The number of anilines is 1. The van der Waals surface area contributed by atoms with E-state index in [1.54, 1.807) is 12.4 Å². The van der Waals surface area contributed by atoms with Crippen molar-refractivity contribution < 1.29 is 9.90 Å². The molecule has 2 N–H and O–H groups in total. The molecule has 1 aliphatic carbocycles. The number of hydrogen-bond donors (Lipinski definition) is 2. The van der Waals surface area contributed by atoms with Gasteiger partial charge in [0.1, 0.15) is 0 Å². The maximum absolute atomic E-state index is 11.2. The number of nitrogens with zero attached hydrogens (tertiary/aromatic N) is 1. The molecule has 1 aliphatic rings. The largest absolute Gasteiger partial charge is 0.481 e. The molecule has 4 heteroatoms. The van der Waals surface area contributed by atoms with E-state index in [1.165, 1.54) is 0 Å². The molecule has 0 radical (unpaired) electrons. The first kappa shape index (κ1) is 10.9. The lowest BCUT2D eigenvalue weighted by Gasteiger charge is -2.38. The number of carbonyl (C=O) groups is 1. The van der Waals surface area contributed by atoms with Gasteiger partial charge in [-0.1, -0.05) is 6.42 Å². The highest BCUT2D eigenvalue weighted by molar-refractivity contribution is 5.76. The zero-order chi connectivity index (χ0) is 11.6. The second kappa shape index (κ2) is 4.12. The van der Waals surface area contributed by atoms with Gasteiger partial charge in [-0.2, -0.15) is 0 Å². The number of hydrogen-bond acceptors (Lipinski definition) is 3. The second-order valence-electron chi connectivity index (χ2n) is 4.48. The molecule has 4 nitrogen and oxygen atoms in total. The van der Waals surface area contributed by atoms with Crippen molar-refractivity contribution in [1.82, 2.24) is 4.98 Å². The summed E-state index contributed by atoms with van der Waals surface area (Å²) in [5, 5.41) is 12.4. The Morgan fingerprint density at radius 1 is 1.62 bits per heavy atom. The summed E-state index contributed by atoms with van der Waals surface area (Å²) in [6.45, 7) is 2.47. The van der Waals surface area contributed by atoms with Gasteiger partial charge in [0, 0.05) is 24.6 Å². The molecule has 1 aromatic heterocycles. The van der Waals surface area contributed by atoms with E-state index in [-0.39, 0.29) is 0 Å². The highest BCUT2D eigenvalue weighted by Gasteiger charge is 2.44. The molecule has 1 aromatic rings. The first-order valence-electron chi connectivity index (χ1n) is 5.52. The molecule has 16 heavy (non-hydrogen) atoms. The van der Waals surface area contributed by atoms with Crippen LogP contribution in [0.5, 0.6) is 0 Å². The van der Waals surface area contributed by atoms with E-state index in [2.05, 4.69) is 10.3 Å².